The number of sulfonamides is 1. The molecule has 20 heavy (non-hydrogen) atoms. The molecule has 112 valence electrons. The molecule has 0 aromatic carbocycles. The number of hydrogen-bond donors (Lipinski definition) is 1. The highest BCUT2D eigenvalue weighted by atomic mass is 79.9. The van der Waals surface area contributed by atoms with Crippen LogP contribution in [0.25, 0.3) is 0 Å². The molecule has 2 heterocycles. The average Bonchev–Trinajstić information content (AvgIpc) is 2.67. The maximum Gasteiger partial charge on any atom is 0.264 e. The molecular weight excluding hydrogens is 432 g/mol. The molecule has 0 spiro atoms. The molecule has 5 nitrogen and oxygen atoms in total. The van der Waals surface area contributed by atoms with E-state index in [1.54, 1.807) is 11.0 Å². The molecule has 1 atom stereocenters. The first-order valence-electron chi connectivity index (χ1n) is 5.97. The fraction of sp³-hybridized carbons (Fsp3) is 0.545. The molecule has 0 saturated carbocycles. The summed E-state index contributed by atoms with van der Waals surface area (Å²) >= 11 is 8.10. The van der Waals surface area contributed by atoms with Crippen LogP contribution in [0.5, 0.6) is 0 Å². The first-order chi connectivity index (χ1) is 9.26. The summed E-state index contributed by atoms with van der Waals surface area (Å²) in [4.78, 5) is 14.7. The second kappa shape index (κ2) is 6.43. The molecule has 1 amide bonds. The lowest BCUT2D eigenvalue weighted by Crippen LogP contribution is -2.49. The van der Waals surface area contributed by atoms with Crippen LogP contribution in [0.2, 0.25) is 0 Å². The number of carbonyl (C=O) groups excluding carboxylic acids is 1. The second-order valence-corrected chi connectivity index (χ2v) is 9.72. The molecule has 0 aliphatic carbocycles. The Kier molecular flexibility index (Phi) is 5.28. The van der Waals surface area contributed by atoms with Crippen molar-refractivity contribution < 1.29 is 13.2 Å². The lowest BCUT2D eigenvalue weighted by Gasteiger charge is -2.32. The number of thiophene rings is 1. The standard InChI is InChI=1S/C11H14Br2N2O3S2/c1-20(17,18)14-7-3-2-4-15(6-7)11(16)9-5-8(12)10(13)19-9/h5,7,14H,2-4,6H2,1H3. The van der Waals surface area contributed by atoms with Crippen molar-refractivity contribution in [3.8, 4) is 0 Å². The second-order valence-electron chi connectivity index (χ2n) is 4.71. The van der Waals surface area contributed by atoms with E-state index in [0.717, 1.165) is 27.4 Å². The summed E-state index contributed by atoms with van der Waals surface area (Å²) in [7, 11) is -3.24. The third-order valence-electron chi connectivity index (χ3n) is 2.95. The fourth-order valence-corrected chi connectivity index (χ4v) is 4.97. The fourth-order valence-electron chi connectivity index (χ4n) is 2.17. The number of piperidine rings is 1. The van der Waals surface area contributed by atoms with Gasteiger partial charge in [0.1, 0.15) is 0 Å². The molecule has 2 rings (SSSR count). The predicted molar refractivity (Wildman–Crippen MR) is 86.6 cm³/mol. The van der Waals surface area contributed by atoms with Crippen LogP contribution in [-0.2, 0) is 10.0 Å². The van der Waals surface area contributed by atoms with Gasteiger partial charge in [-0.15, -0.1) is 11.3 Å². The number of halogens is 2. The predicted octanol–water partition coefficient (Wildman–Crippen LogP) is 2.43. The normalized spacial score (nSPS) is 20.1. The minimum atomic E-state index is -3.24. The largest absolute Gasteiger partial charge is 0.336 e. The summed E-state index contributed by atoms with van der Waals surface area (Å²) in [6.07, 6.45) is 2.70. The van der Waals surface area contributed by atoms with Gasteiger partial charge in [-0.05, 0) is 50.8 Å². The van der Waals surface area contributed by atoms with E-state index >= 15 is 0 Å². The van der Waals surface area contributed by atoms with Gasteiger partial charge < -0.3 is 4.90 Å². The quantitative estimate of drug-likeness (QED) is 0.776. The van der Waals surface area contributed by atoms with Crippen molar-refractivity contribution in [1.82, 2.24) is 9.62 Å². The van der Waals surface area contributed by atoms with E-state index < -0.39 is 10.0 Å². The Labute approximate surface area is 139 Å². The Morgan fingerprint density at radius 2 is 2.20 bits per heavy atom. The van der Waals surface area contributed by atoms with Gasteiger partial charge in [0.25, 0.3) is 5.91 Å². The molecule has 1 aromatic rings. The Bertz CT molecular complexity index is 596. The maximum atomic E-state index is 12.4. The zero-order valence-electron chi connectivity index (χ0n) is 10.7. The van der Waals surface area contributed by atoms with Crippen molar-refractivity contribution in [2.24, 2.45) is 0 Å². The number of hydrogen-bond acceptors (Lipinski definition) is 4. The Hall–Kier alpha value is 0.0400. The van der Waals surface area contributed by atoms with Gasteiger partial charge in [-0.2, -0.15) is 0 Å². The lowest BCUT2D eigenvalue weighted by atomic mass is 10.1. The summed E-state index contributed by atoms with van der Waals surface area (Å²) in [5.74, 6) is -0.0543. The van der Waals surface area contributed by atoms with E-state index in [0.29, 0.717) is 18.0 Å². The van der Waals surface area contributed by atoms with E-state index in [2.05, 4.69) is 36.6 Å². The third kappa shape index (κ3) is 4.27. The molecule has 1 N–H and O–H groups in total. The van der Waals surface area contributed by atoms with E-state index in [1.807, 2.05) is 0 Å². The van der Waals surface area contributed by atoms with Crippen LogP contribution in [0.1, 0.15) is 22.5 Å². The molecular formula is C11H14Br2N2O3S2. The van der Waals surface area contributed by atoms with Gasteiger partial charge in [0.2, 0.25) is 10.0 Å². The monoisotopic (exact) mass is 444 g/mol. The highest BCUT2D eigenvalue weighted by Crippen LogP contribution is 2.33. The topological polar surface area (TPSA) is 66.5 Å². The highest BCUT2D eigenvalue weighted by molar-refractivity contribution is 9.13. The zero-order valence-corrected chi connectivity index (χ0v) is 15.5. The van der Waals surface area contributed by atoms with Crippen molar-refractivity contribution in [2.75, 3.05) is 19.3 Å². The molecule has 1 fully saturated rings. The Balaban J connectivity index is 2.07. The van der Waals surface area contributed by atoms with Crippen molar-refractivity contribution in [3.63, 3.8) is 0 Å². The molecule has 1 aromatic heterocycles. The number of nitrogens with one attached hydrogen (secondary N) is 1. The molecule has 0 bridgehead atoms. The summed E-state index contributed by atoms with van der Waals surface area (Å²) in [6, 6.07) is 1.58. The summed E-state index contributed by atoms with van der Waals surface area (Å²) < 4.78 is 26.8. The van der Waals surface area contributed by atoms with Gasteiger partial charge in [0.15, 0.2) is 0 Å². The highest BCUT2D eigenvalue weighted by Gasteiger charge is 2.27. The van der Waals surface area contributed by atoms with Gasteiger partial charge in [-0.3, -0.25) is 4.79 Å². The Morgan fingerprint density at radius 1 is 1.50 bits per heavy atom. The molecule has 1 aliphatic heterocycles. The van der Waals surface area contributed by atoms with Crippen LogP contribution in [0.4, 0.5) is 0 Å². The number of carbonyl (C=O) groups is 1. The summed E-state index contributed by atoms with van der Waals surface area (Å²) in [5, 5.41) is 0. The molecule has 1 unspecified atom stereocenters. The van der Waals surface area contributed by atoms with E-state index in [1.165, 1.54) is 11.3 Å². The summed E-state index contributed by atoms with van der Waals surface area (Å²) in [6.45, 7) is 1.08. The zero-order chi connectivity index (χ0) is 14.9. The van der Waals surface area contributed by atoms with Crippen molar-refractivity contribution in [1.29, 1.82) is 0 Å². The van der Waals surface area contributed by atoms with Crippen LogP contribution < -0.4 is 4.72 Å². The van der Waals surface area contributed by atoms with Gasteiger partial charge >= 0.3 is 0 Å². The number of rotatable bonds is 3. The van der Waals surface area contributed by atoms with Crippen LogP contribution >= 0.6 is 43.2 Å². The van der Waals surface area contributed by atoms with Gasteiger partial charge in [0.05, 0.1) is 14.9 Å². The first kappa shape index (κ1) is 16.4. The molecule has 0 radical (unpaired) electrons. The van der Waals surface area contributed by atoms with Gasteiger partial charge in [-0.1, -0.05) is 0 Å². The van der Waals surface area contributed by atoms with E-state index in [9.17, 15) is 13.2 Å². The number of likely N-dealkylation sites (tertiary alicyclic amines) is 1. The summed E-state index contributed by atoms with van der Waals surface area (Å²) in [5.41, 5.74) is 0. The van der Waals surface area contributed by atoms with Gasteiger partial charge in [-0.25, -0.2) is 13.1 Å². The maximum absolute atomic E-state index is 12.4. The van der Waals surface area contributed by atoms with Crippen LogP contribution in [0, 0.1) is 0 Å². The van der Waals surface area contributed by atoms with Crippen LogP contribution in [0.3, 0.4) is 0 Å². The van der Waals surface area contributed by atoms with Crippen molar-refractivity contribution in [2.45, 2.75) is 18.9 Å². The lowest BCUT2D eigenvalue weighted by molar-refractivity contribution is 0.0708. The van der Waals surface area contributed by atoms with E-state index in [4.69, 9.17) is 0 Å². The number of amides is 1. The number of nitrogens with zero attached hydrogens (tertiary/aromatic N) is 1. The minimum Gasteiger partial charge on any atom is -0.336 e. The SMILES string of the molecule is CS(=O)(=O)NC1CCCN(C(=O)c2cc(Br)c(Br)s2)C1. The first-order valence-corrected chi connectivity index (χ1v) is 10.3. The van der Waals surface area contributed by atoms with Crippen molar-refractivity contribution >= 4 is 59.1 Å². The van der Waals surface area contributed by atoms with Crippen LogP contribution in [-0.4, -0.2) is 44.6 Å². The van der Waals surface area contributed by atoms with Crippen LogP contribution in [0.15, 0.2) is 14.3 Å². The Morgan fingerprint density at radius 3 is 2.75 bits per heavy atom. The van der Waals surface area contributed by atoms with E-state index in [-0.39, 0.29) is 11.9 Å². The minimum absolute atomic E-state index is 0.0543. The molecule has 1 aliphatic rings. The average molecular weight is 446 g/mol. The molecule has 9 heteroatoms. The third-order valence-corrected chi connectivity index (χ3v) is 6.95. The smallest absolute Gasteiger partial charge is 0.264 e. The van der Waals surface area contributed by atoms with Gasteiger partial charge in [0, 0.05) is 23.6 Å². The molecule has 1 saturated heterocycles. The van der Waals surface area contributed by atoms with Crippen molar-refractivity contribution in [3.05, 3.63) is 19.2 Å².